The van der Waals surface area contributed by atoms with E-state index in [1.54, 1.807) is 6.07 Å². The molecule has 16 heavy (non-hydrogen) atoms. The van der Waals surface area contributed by atoms with Crippen LogP contribution < -0.4 is 10.6 Å². The summed E-state index contributed by atoms with van der Waals surface area (Å²) >= 11 is 0. The SMILES string of the molecule is Nc1ccc(N2CC3(CC3)C2)c(C(=O)O)c1. The number of nitrogens with zero attached hydrogens (tertiary/aromatic N) is 1. The van der Waals surface area contributed by atoms with Crippen molar-refractivity contribution in [1.29, 1.82) is 0 Å². The van der Waals surface area contributed by atoms with Crippen molar-refractivity contribution in [2.24, 2.45) is 5.41 Å². The Labute approximate surface area is 93.7 Å². The number of benzene rings is 1. The Morgan fingerprint density at radius 2 is 2.06 bits per heavy atom. The minimum absolute atomic E-state index is 0.315. The largest absolute Gasteiger partial charge is 0.478 e. The molecule has 2 aliphatic rings. The quantitative estimate of drug-likeness (QED) is 0.739. The van der Waals surface area contributed by atoms with Gasteiger partial charge < -0.3 is 15.7 Å². The van der Waals surface area contributed by atoms with Gasteiger partial charge in [0, 0.05) is 24.2 Å². The molecule has 84 valence electrons. The summed E-state index contributed by atoms with van der Waals surface area (Å²) in [6.07, 6.45) is 2.59. The Morgan fingerprint density at radius 3 is 2.62 bits per heavy atom. The molecule has 4 nitrogen and oxygen atoms in total. The molecule has 0 atom stereocenters. The second kappa shape index (κ2) is 2.90. The lowest BCUT2D eigenvalue weighted by atomic mass is 9.95. The normalized spacial score (nSPS) is 20.6. The Balaban J connectivity index is 1.91. The molecule has 1 saturated carbocycles. The van der Waals surface area contributed by atoms with E-state index in [4.69, 9.17) is 10.8 Å². The van der Waals surface area contributed by atoms with Crippen molar-refractivity contribution >= 4 is 17.3 Å². The minimum atomic E-state index is -0.904. The molecular formula is C12H14N2O2. The highest BCUT2D eigenvalue weighted by atomic mass is 16.4. The summed E-state index contributed by atoms with van der Waals surface area (Å²) in [5.41, 5.74) is 7.76. The van der Waals surface area contributed by atoms with Gasteiger partial charge >= 0.3 is 5.97 Å². The predicted octanol–water partition coefficient (Wildman–Crippen LogP) is 1.57. The van der Waals surface area contributed by atoms with E-state index in [0.717, 1.165) is 18.8 Å². The van der Waals surface area contributed by atoms with Crippen molar-refractivity contribution in [3.63, 3.8) is 0 Å². The molecule has 1 aliphatic heterocycles. The Bertz CT molecular complexity index is 458. The fourth-order valence-corrected chi connectivity index (χ4v) is 2.43. The molecule has 1 aromatic rings. The van der Waals surface area contributed by atoms with E-state index in [1.807, 2.05) is 6.07 Å². The maximum Gasteiger partial charge on any atom is 0.337 e. The number of carboxylic acid groups (broad SMARTS) is 1. The molecule has 1 heterocycles. The molecule has 0 unspecified atom stereocenters. The van der Waals surface area contributed by atoms with Crippen LogP contribution in [0.4, 0.5) is 11.4 Å². The first-order chi connectivity index (χ1) is 7.60. The lowest BCUT2D eigenvalue weighted by Gasteiger charge is -2.42. The number of hydrogen-bond donors (Lipinski definition) is 2. The molecular weight excluding hydrogens is 204 g/mol. The Kier molecular flexibility index (Phi) is 1.73. The molecule has 3 N–H and O–H groups in total. The van der Waals surface area contributed by atoms with Crippen LogP contribution in [0.5, 0.6) is 0 Å². The van der Waals surface area contributed by atoms with Crippen molar-refractivity contribution in [3.8, 4) is 0 Å². The summed E-state index contributed by atoms with van der Waals surface area (Å²) in [4.78, 5) is 13.2. The summed E-state index contributed by atoms with van der Waals surface area (Å²) in [6.45, 7) is 1.99. The summed E-state index contributed by atoms with van der Waals surface area (Å²) in [7, 11) is 0. The second-order valence-corrected chi connectivity index (χ2v) is 4.94. The van der Waals surface area contributed by atoms with Gasteiger partial charge in [-0.05, 0) is 31.0 Å². The minimum Gasteiger partial charge on any atom is -0.478 e. The number of nitrogens with two attached hydrogens (primary N) is 1. The van der Waals surface area contributed by atoms with E-state index in [9.17, 15) is 4.79 Å². The fourth-order valence-electron chi connectivity index (χ4n) is 2.43. The molecule has 1 saturated heterocycles. The van der Waals surface area contributed by atoms with Crippen molar-refractivity contribution in [1.82, 2.24) is 0 Å². The molecule has 0 aromatic heterocycles. The highest BCUT2D eigenvalue weighted by Crippen LogP contribution is 2.54. The van der Waals surface area contributed by atoms with Gasteiger partial charge in [0.2, 0.25) is 0 Å². The zero-order chi connectivity index (χ0) is 11.3. The average molecular weight is 218 g/mol. The Morgan fingerprint density at radius 1 is 1.38 bits per heavy atom. The van der Waals surface area contributed by atoms with Crippen molar-refractivity contribution in [2.45, 2.75) is 12.8 Å². The highest BCUT2D eigenvalue weighted by molar-refractivity contribution is 5.95. The number of carboxylic acids is 1. The second-order valence-electron chi connectivity index (χ2n) is 4.94. The Hall–Kier alpha value is -1.71. The zero-order valence-electron chi connectivity index (χ0n) is 8.94. The average Bonchev–Trinajstić information content (AvgIpc) is 2.95. The van der Waals surface area contributed by atoms with Crippen LogP contribution in [0.3, 0.4) is 0 Å². The van der Waals surface area contributed by atoms with Crippen LogP contribution in [0.25, 0.3) is 0 Å². The molecule has 1 aliphatic carbocycles. The molecule has 0 amide bonds. The maximum absolute atomic E-state index is 11.1. The van der Waals surface area contributed by atoms with Crippen LogP contribution in [-0.2, 0) is 0 Å². The van der Waals surface area contributed by atoms with Gasteiger partial charge in [-0.25, -0.2) is 4.79 Å². The van der Waals surface area contributed by atoms with Gasteiger partial charge in [0.05, 0.1) is 11.3 Å². The fraction of sp³-hybridized carbons (Fsp3) is 0.417. The van der Waals surface area contributed by atoms with Crippen LogP contribution in [0.2, 0.25) is 0 Å². The lowest BCUT2D eigenvalue weighted by Crippen LogP contribution is -2.49. The number of rotatable bonds is 2. The molecule has 0 bridgehead atoms. The van der Waals surface area contributed by atoms with Crippen LogP contribution in [0.1, 0.15) is 23.2 Å². The van der Waals surface area contributed by atoms with Gasteiger partial charge in [-0.3, -0.25) is 0 Å². The van der Waals surface area contributed by atoms with Crippen molar-refractivity contribution in [2.75, 3.05) is 23.7 Å². The maximum atomic E-state index is 11.1. The number of aromatic carboxylic acids is 1. The first-order valence-electron chi connectivity index (χ1n) is 5.47. The van der Waals surface area contributed by atoms with Crippen LogP contribution >= 0.6 is 0 Å². The zero-order valence-corrected chi connectivity index (χ0v) is 8.94. The topological polar surface area (TPSA) is 66.6 Å². The molecule has 0 radical (unpaired) electrons. The van der Waals surface area contributed by atoms with E-state index < -0.39 is 5.97 Å². The summed E-state index contributed by atoms with van der Waals surface area (Å²) < 4.78 is 0. The van der Waals surface area contributed by atoms with Crippen LogP contribution in [0.15, 0.2) is 18.2 Å². The monoisotopic (exact) mass is 218 g/mol. The molecule has 1 spiro atoms. The van der Waals surface area contributed by atoms with E-state index >= 15 is 0 Å². The third kappa shape index (κ3) is 1.33. The van der Waals surface area contributed by atoms with Crippen LogP contribution in [0, 0.1) is 5.41 Å². The molecule has 3 rings (SSSR count). The number of anilines is 2. The molecule has 1 aromatic carbocycles. The van der Waals surface area contributed by atoms with Gasteiger partial charge in [0.25, 0.3) is 0 Å². The smallest absolute Gasteiger partial charge is 0.337 e. The van der Waals surface area contributed by atoms with E-state index in [0.29, 0.717) is 16.7 Å². The van der Waals surface area contributed by atoms with Gasteiger partial charge in [-0.1, -0.05) is 0 Å². The van der Waals surface area contributed by atoms with E-state index in [2.05, 4.69) is 4.90 Å². The van der Waals surface area contributed by atoms with E-state index in [-0.39, 0.29) is 0 Å². The summed E-state index contributed by atoms with van der Waals surface area (Å²) in [5.74, 6) is -0.904. The first kappa shape index (κ1) is 9.51. The van der Waals surface area contributed by atoms with E-state index in [1.165, 1.54) is 18.9 Å². The standard InChI is InChI=1S/C12H14N2O2/c13-8-1-2-10(9(5-8)11(15)16)14-6-12(7-14)3-4-12/h1-2,5H,3-4,6-7,13H2,(H,15,16). The first-order valence-corrected chi connectivity index (χ1v) is 5.47. The number of carbonyl (C=O) groups is 1. The molecule has 4 heteroatoms. The van der Waals surface area contributed by atoms with Gasteiger partial charge in [0.1, 0.15) is 0 Å². The van der Waals surface area contributed by atoms with Crippen LogP contribution in [-0.4, -0.2) is 24.2 Å². The lowest BCUT2D eigenvalue weighted by molar-refractivity contribution is 0.0697. The molecule has 2 fully saturated rings. The van der Waals surface area contributed by atoms with Gasteiger partial charge in [0.15, 0.2) is 0 Å². The predicted molar refractivity (Wildman–Crippen MR) is 61.7 cm³/mol. The number of hydrogen-bond acceptors (Lipinski definition) is 3. The third-order valence-electron chi connectivity index (χ3n) is 3.60. The summed E-state index contributed by atoms with van der Waals surface area (Å²) in [6, 6.07) is 5.11. The van der Waals surface area contributed by atoms with Gasteiger partial charge in [-0.2, -0.15) is 0 Å². The van der Waals surface area contributed by atoms with Gasteiger partial charge in [-0.15, -0.1) is 0 Å². The van der Waals surface area contributed by atoms with Crippen molar-refractivity contribution < 1.29 is 9.90 Å². The number of nitrogen functional groups attached to an aromatic ring is 1. The third-order valence-corrected chi connectivity index (χ3v) is 3.60. The highest BCUT2D eigenvalue weighted by Gasteiger charge is 2.52. The summed E-state index contributed by atoms with van der Waals surface area (Å²) in [5, 5.41) is 9.12. The van der Waals surface area contributed by atoms with Crippen molar-refractivity contribution in [3.05, 3.63) is 23.8 Å².